The number of alkyl halides is 3. The lowest BCUT2D eigenvalue weighted by Crippen LogP contribution is -2.38. The van der Waals surface area contributed by atoms with E-state index in [0.29, 0.717) is 6.61 Å². The van der Waals surface area contributed by atoms with Crippen molar-refractivity contribution >= 4 is 5.52 Å². The number of piperidine rings is 1. The van der Waals surface area contributed by atoms with E-state index in [4.69, 9.17) is 4.74 Å². The molecule has 1 aliphatic rings. The first-order valence-corrected chi connectivity index (χ1v) is 6.82. The topological polar surface area (TPSA) is 51.5 Å². The maximum absolute atomic E-state index is 12.7. The number of aromatic nitrogens is 3. The molecule has 1 aliphatic heterocycles. The number of hydrogen-bond acceptors (Lipinski definition) is 4. The predicted octanol–water partition coefficient (Wildman–Crippen LogP) is 2.27. The molecule has 0 amide bonds. The minimum absolute atomic E-state index is 0.174. The quantitative estimate of drug-likeness (QED) is 0.945. The average molecular weight is 300 g/mol. The van der Waals surface area contributed by atoms with E-state index in [1.165, 1.54) is 12.4 Å². The first-order valence-electron chi connectivity index (χ1n) is 6.82. The first kappa shape index (κ1) is 14.1. The second kappa shape index (κ2) is 5.51. The molecule has 0 saturated carbocycles. The van der Waals surface area contributed by atoms with Crippen LogP contribution in [-0.4, -0.2) is 33.8 Å². The molecule has 0 aromatic carbocycles. The van der Waals surface area contributed by atoms with Crippen LogP contribution in [0.4, 0.5) is 13.2 Å². The van der Waals surface area contributed by atoms with E-state index in [1.54, 1.807) is 0 Å². The van der Waals surface area contributed by atoms with Crippen molar-refractivity contribution < 1.29 is 17.9 Å². The molecule has 1 N–H and O–H groups in total. The van der Waals surface area contributed by atoms with Crippen LogP contribution < -0.4 is 10.1 Å². The molecular formula is C13H15F3N4O. The van der Waals surface area contributed by atoms with Crippen LogP contribution in [-0.2, 0) is 6.18 Å². The Bertz CT molecular complexity index is 619. The molecule has 1 atom stereocenters. The number of hydrogen-bond donors (Lipinski definition) is 1. The molecule has 8 heteroatoms. The molecule has 1 unspecified atom stereocenters. The second-order valence-corrected chi connectivity index (χ2v) is 5.05. The molecule has 1 fully saturated rings. The van der Waals surface area contributed by atoms with Gasteiger partial charge in [-0.25, -0.2) is 9.50 Å². The van der Waals surface area contributed by atoms with Gasteiger partial charge in [0.1, 0.15) is 12.1 Å². The van der Waals surface area contributed by atoms with E-state index in [1.807, 2.05) is 0 Å². The Morgan fingerprint density at radius 1 is 1.38 bits per heavy atom. The largest absolute Gasteiger partial charge is 0.474 e. The van der Waals surface area contributed by atoms with Gasteiger partial charge in [-0.15, -0.1) is 0 Å². The predicted molar refractivity (Wildman–Crippen MR) is 69.1 cm³/mol. The van der Waals surface area contributed by atoms with Gasteiger partial charge in [0.05, 0.1) is 0 Å². The Morgan fingerprint density at radius 3 is 2.95 bits per heavy atom. The fourth-order valence-electron chi connectivity index (χ4n) is 2.39. The third kappa shape index (κ3) is 3.10. The summed E-state index contributed by atoms with van der Waals surface area (Å²) in [5, 5.41) is 6.81. The fourth-order valence-corrected chi connectivity index (χ4v) is 2.39. The van der Waals surface area contributed by atoms with Gasteiger partial charge < -0.3 is 10.1 Å². The van der Waals surface area contributed by atoms with Gasteiger partial charge in [-0.1, -0.05) is 6.42 Å². The van der Waals surface area contributed by atoms with Crippen LogP contribution in [0.25, 0.3) is 5.52 Å². The summed E-state index contributed by atoms with van der Waals surface area (Å²) >= 11 is 0. The maximum Gasteiger partial charge on any atom is 0.435 e. The average Bonchev–Trinajstić information content (AvgIpc) is 2.91. The molecular weight excluding hydrogens is 285 g/mol. The Hall–Kier alpha value is -1.83. The molecule has 5 nitrogen and oxygen atoms in total. The third-order valence-corrected chi connectivity index (χ3v) is 3.48. The molecule has 0 radical (unpaired) electrons. The molecule has 2 aromatic heterocycles. The van der Waals surface area contributed by atoms with Gasteiger partial charge in [0.2, 0.25) is 5.88 Å². The molecule has 0 bridgehead atoms. The maximum atomic E-state index is 12.7. The van der Waals surface area contributed by atoms with E-state index in [9.17, 15) is 13.2 Å². The highest BCUT2D eigenvalue weighted by atomic mass is 19.4. The minimum atomic E-state index is -4.48. The molecule has 3 rings (SSSR count). The van der Waals surface area contributed by atoms with Crippen molar-refractivity contribution in [3.63, 3.8) is 0 Å². The van der Waals surface area contributed by atoms with Gasteiger partial charge in [0.15, 0.2) is 5.69 Å². The van der Waals surface area contributed by atoms with Crippen LogP contribution in [0.3, 0.4) is 0 Å². The SMILES string of the molecule is FC(F)(F)c1cc2c(OCC3CCCCN3)nccn2n1. The van der Waals surface area contributed by atoms with E-state index in [-0.39, 0.29) is 17.4 Å². The minimum Gasteiger partial charge on any atom is -0.474 e. The van der Waals surface area contributed by atoms with Gasteiger partial charge in [-0.2, -0.15) is 18.3 Å². The molecule has 3 heterocycles. The van der Waals surface area contributed by atoms with E-state index >= 15 is 0 Å². The second-order valence-electron chi connectivity index (χ2n) is 5.05. The summed E-state index contributed by atoms with van der Waals surface area (Å²) in [6.07, 6.45) is 1.54. The molecule has 21 heavy (non-hydrogen) atoms. The summed E-state index contributed by atoms with van der Waals surface area (Å²) in [6, 6.07) is 1.17. The number of nitrogens with one attached hydrogen (secondary N) is 1. The lowest BCUT2D eigenvalue weighted by Gasteiger charge is -2.23. The van der Waals surface area contributed by atoms with Gasteiger partial charge in [0.25, 0.3) is 0 Å². The van der Waals surface area contributed by atoms with Crippen LogP contribution in [0.15, 0.2) is 18.5 Å². The standard InChI is InChI=1S/C13H15F3N4O/c14-13(15,16)11-7-10-12(18-5-6-20(10)19-11)21-8-9-3-1-2-4-17-9/h5-7,9,17H,1-4,8H2. The zero-order valence-corrected chi connectivity index (χ0v) is 11.2. The van der Waals surface area contributed by atoms with Crippen molar-refractivity contribution in [1.29, 1.82) is 0 Å². The summed E-state index contributed by atoms with van der Waals surface area (Å²) in [5.74, 6) is 0.174. The lowest BCUT2D eigenvalue weighted by atomic mass is 10.1. The monoisotopic (exact) mass is 300 g/mol. The highest BCUT2D eigenvalue weighted by molar-refractivity contribution is 5.56. The van der Waals surface area contributed by atoms with E-state index in [0.717, 1.165) is 36.4 Å². The van der Waals surface area contributed by atoms with E-state index in [2.05, 4.69) is 15.4 Å². The van der Waals surface area contributed by atoms with Gasteiger partial charge >= 0.3 is 6.18 Å². The van der Waals surface area contributed by atoms with Crippen LogP contribution in [0.1, 0.15) is 25.0 Å². The van der Waals surface area contributed by atoms with Gasteiger partial charge in [-0.3, -0.25) is 0 Å². The highest BCUT2D eigenvalue weighted by Crippen LogP contribution is 2.30. The summed E-state index contributed by atoms with van der Waals surface area (Å²) < 4.78 is 44.8. The zero-order valence-electron chi connectivity index (χ0n) is 11.2. The Balaban J connectivity index is 1.79. The van der Waals surface area contributed by atoms with Crippen LogP contribution in [0.5, 0.6) is 5.88 Å². The smallest absolute Gasteiger partial charge is 0.435 e. The summed E-state index contributed by atoms with van der Waals surface area (Å²) in [7, 11) is 0. The zero-order chi connectivity index (χ0) is 14.9. The number of fused-ring (bicyclic) bond motifs is 1. The first-order chi connectivity index (χ1) is 10.0. The summed E-state index contributed by atoms with van der Waals surface area (Å²) in [6.45, 7) is 1.33. The van der Waals surface area contributed by atoms with Crippen molar-refractivity contribution in [3.8, 4) is 5.88 Å². The fraction of sp³-hybridized carbons (Fsp3) is 0.538. The molecule has 0 spiro atoms. The van der Waals surface area contributed by atoms with Crippen molar-refractivity contribution in [2.75, 3.05) is 13.2 Å². The Morgan fingerprint density at radius 2 is 2.24 bits per heavy atom. The normalized spacial score (nSPS) is 19.9. The molecule has 1 saturated heterocycles. The highest BCUT2D eigenvalue weighted by Gasteiger charge is 2.34. The molecule has 114 valence electrons. The molecule has 2 aromatic rings. The van der Waals surface area contributed by atoms with Crippen molar-refractivity contribution in [3.05, 3.63) is 24.2 Å². The van der Waals surface area contributed by atoms with E-state index < -0.39 is 11.9 Å². The molecule has 0 aliphatic carbocycles. The van der Waals surface area contributed by atoms with Crippen LogP contribution >= 0.6 is 0 Å². The number of rotatable bonds is 3. The number of halogens is 3. The number of ether oxygens (including phenoxy) is 1. The van der Waals surface area contributed by atoms with Crippen LogP contribution in [0, 0.1) is 0 Å². The summed E-state index contributed by atoms with van der Waals surface area (Å²) in [5.41, 5.74) is -0.725. The van der Waals surface area contributed by atoms with Gasteiger partial charge in [0, 0.05) is 24.5 Å². The number of nitrogens with zero attached hydrogens (tertiary/aromatic N) is 3. The Labute approximate surface area is 119 Å². The third-order valence-electron chi connectivity index (χ3n) is 3.48. The van der Waals surface area contributed by atoms with Crippen molar-refractivity contribution in [2.24, 2.45) is 0 Å². The van der Waals surface area contributed by atoms with Crippen molar-refractivity contribution in [1.82, 2.24) is 19.9 Å². The van der Waals surface area contributed by atoms with Crippen molar-refractivity contribution in [2.45, 2.75) is 31.5 Å². The Kier molecular flexibility index (Phi) is 3.71. The van der Waals surface area contributed by atoms with Crippen LogP contribution in [0.2, 0.25) is 0 Å². The summed E-state index contributed by atoms with van der Waals surface area (Å²) in [4.78, 5) is 4.01. The lowest BCUT2D eigenvalue weighted by molar-refractivity contribution is -0.141. The van der Waals surface area contributed by atoms with Gasteiger partial charge in [-0.05, 0) is 19.4 Å².